The second-order valence-corrected chi connectivity index (χ2v) is 7.06. The van der Waals surface area contributed by atoms with E-state index < -0.39 is 0 Å². The molecule has 148 valence electrons. The Labute approximate surface area is 173 Å². The van der Waals surface area contributed by atoms with Gasteiger partial charge in [-0.25, -0.2) is 9.97 Å². The number of methoxy groups -OCH3 is 2. The molecule has 0 fully saturated rings. The topological polar surface area (TPSA) is 65.5 Å². The zero-order valence-corrected chi connectivity index (χ0v) is 17.2. The zero-order valence-electron chi connectivity index (χ0n) is 16.4. The van der Waals surface area contributed by atoms with Gasteiger partial charge in [-0.05, 0) is 36.8 Å². The molecule has 0 aliphatic heterocycles. The SMILES string of the molecule is CCOc1ccc(-c2csc3ncnc(Nc4cc(OC)ccc4OC)c23)cc1. The third-order valence-electron chi connectivity index (χ3n) is 4.51. The molecule has 0 amide bonds. The van der Waals surface area contributed by atoms with Crippen molar-refractivity contribution in [1.29, 1.82) is 0 Å². The third-order valence-corrected chi connectivity index (χ3v) is 5.39. The van der Waals surface area contributed by atoms with E-state index in [-0.39, 0.29) is 0 Å². The molecule has 2 aromatic heterocycles. The highest BCUT2D eigenvalue weighted by Crippen LogP contribution is 2.39. The lowest BCUT2D eigenvalue weighted by molar-refractivity contribution is 0.340. The lowest BCUT2D eigenvalue weighted by Crippen LogP contribution is -1.99. The van der Waals surface area contributed by atoms with E-state index in [1.165, 1.54) is 0 Å². The number of thiophene rings is 1. The molecule has 0 spiro atoms. The number of hydrogen-bond acceptors (Lipinski definition) is 7. The number of benzene rings is 2. The number of nitrogens with one attached hydrogen (secondary N) is 1. The molecular formula is C22H21N3O3S. The summed E-state index contributed by atoms with van der Waals surface area (Å²) in [6.07, 6.45) is 1.57. The number of hydrogen-bond donors (Lipinski definition) is 1. The summed E-state index contributed by atoms with van der Waals surface area (Å²) in [7, 11) is 3.27. The Morgan fingerprint density at radius 2 is 1.76 bits per heavy atom. The minimum absolute atomic E-state index is 0.644. The van der Waals surface area contributed by atoms with Gasteiger partial charge in [-0.3, -0.25) is 0 Å². The van der Waals surface area contributed by atoms with Crippen LogP contribution in [0.15, 0.2) is 54.2 Å². The summed E-state index contributed by atoms with van der Waals surface area (Å²) >= 11 is 1.59. The van der Waals surface area contributed by atoms with Crippen molar-refractivity contribution in [3.63, 3.8) is 0 Å². The first-order valence-electron chi connectivity index (χ1n) is 9.18. The molecule has 0 unspecified atom stereocenters. The van der Waals surface area contributed by atoms with Crippen LogP contribution in [0.25, 0.3) is 21.3 Å². The van der Waals surface area contributed by atoms with E-state index in [1.54, 1.807) is 31.9 Å². The van der Waals surface area contributed by atoms with Gasteiger partial charge in [0.1, 0.15) is 34.2 Å². The van der Waals surface area contributed by atoms with Crippen molar-refractivity contribution in [2.75, 3.05) is 26.1 Å². The van der Waals surface area contributed by atoms with E-state index in [2.05, 4.69) is 32.8 Å². The molecule has 2 heterocycles. The van der Waals surface area contributed by atoms with Crippen LogP contribution in [-0.2, 0) is 0 Å². The van der Waals surface area contributed by atoms with Gasteiger partial charge >= 0.3 is 0 Å². The number of anilines is 2. The molecule has 4 aromatic rings. The molecule has 6 nitrogen and oxygen atoms in total. The Balaban J connectivity index is 1.78. The van der Waals surface area contributed by atoms with Crippen molar-refractivity contribution in [2.24, 2.45) is 0 Å². The van der Waals surface area contributed by atoms with Crippen molar-refractivity contribution >= 4 is 33.1 Å². The summed E-state index contributed by atoms with van der Waals surface area (Å²) in [5, 5.41) is 6.46. The van der Waals surface area contributed by atoms with E-state index in [4.69, 9.17) is 14.2 Å². The largest absolute Gasteiger partial charge is 0.497 e. The lowest BCUT2D eigenvalue weighted by atomic mass is 10.1. The van der Waals surface area contributed by atoms with Crippen molar-refractivity contribution in [3.05, 3.63) is 54.2 Å². The first-order valence-corrected chi connectivity index (χ1v) is 10.1. The highest BCUT2D eigenvalue weighted by atomic mass is 32.1. The average molecular weight is 407 g/mol. The number of aromatic nitrogens is 2. The molecule has 0 aliphatic carbocycles. The van der Waals surface area contributed by atoms with Gasteiger partial charge in [0.15, 0.2) is 0 Å². The second-order valence-electron chi connectivity index (χ2n) is 6.20. The van der Waals surface area contributed by atoms with Crippen LogP contribution in [0.5, 0.6) is 17.2 Å². The fraction of sp³-hybridized carbons (Fsp3) is 0.182. The second kappa shape index (κ2) is 8.36. The van der Waals surface area contributed by atoms with E-state index in [9.17, 15) is 0 Å². The fourth-order valence-electron chi connectivity index (χ4n) is 3.12. The summed E-state index contributed by atoms with van der Waals surface area (Å²) in [4.78, 5) is 9.85. The first kappa shape index (κ1) is 19.0. The summed E-state index contributed by atoms with van der Waals surface area (Å²) in [6, 6.07) is 13.7. The Morgan fingerprint density at radius 3 is 2.48 bits per heavy atom. The maximum Gasteiger partial charge on any atom is 0.143 e. The van der Waals surface area contributed by atoms with Gasteiger partial charge in [0.2, 0.25) is 0 Å². The molecule has 7 heteroatoms. The Kier molecular flexibility index (Phi) is 5.48. The highest BCUT2D eigenvalue weighted by molar-refractivity contribution is 7.17. The van der Waals surface area contributed by atoms with Gasteiger partial charge in [0, 0.05) is 17.0 Å². The summed E-state index contributed by atoms with van der Waals surface area (Å²) in [5.41, 5.74) is 2.92. The normalized spacial score (nSPS) is 10.7. The van der Waals surface area contributed by atoms with Crippen molar-refractivity contribution in [1.82, 2.24) is 9.97 Å². The maximum atomic E-state index is 5.56. The molecule has 2 aromatic carbocycles. The Hall–Kier alpha value is -3.32. The molecule has 1 N–H and O–H groups in total. The van der Waals surface area contributed by atoms with Crippen LogP contribution in [-0.4, -0.2) is 30.8 Å². The molecule has 0 aliphatic rings. The van der Waals surface area contributed by atoms with Gasteiger partial charge in [0.25, 0.3) is 0 Å². The maximum absolute atomic E-state index is 5.56. The molecule has 0 atom stereocenters. The molecule has 0 bridgehead atoms. The zero-order chi connectivity index (χ0) is 20.2. The molecule has 0 radical (unpaired) electrons. The number of ether oxygens (including phenoxy) is 3. The van der Waals surface area contributed by atoms with E-state index in [0.29, 0.717) is 18.2 Å². The van der Waals surface area contributed by atoms with E-state index >= 15 is 0 Å². The first-order chi connectivity index (χ1) is 14.2. The number of fused-ring (bicyclic) bond motifs is 1. The van der Waals surface area contributed by atoms with E-state index in [0.717, 1.165) is 38.5 Å². The van der Waals surface area contributed by atoms with E-state index in [1.807, 2.05) is 37.3 Å². The average Bonchev–Trinajstić information content (AvgIpc) is 3.20. The minimum Gasteiger partial charge on any atom is -0.497 e. The molecule has 29 heavy (non-hydrogen) atoms. The van der Waals surface area contributed by atoms with Crippen molar-refractivity contribution in [3.8, 4) is 28.4 Å². The molecule has 0 saturated carbocycles. The molecule has 0 saturated heterocycles. The van der Waals surface area contributed by atoms with Crippen LogP contribution in [0.3, 0.4) is 0 Å². The van der Waals surface area contributed by atoms with Crippen LogP contribution in [0, 0.1) is 0 Å². The van der Waals surface area contributed by atoms with Crippen LogP contribution in [0.2, 0.25) is 0 Å². The third kappa shape index (κ3) is 3.82. The number of rotatable bonds is 7. The molecule has 4 rings (SSSR count). The van der Waals surface area contributed by atoms with Crippen LogP contribution < -0.4 is 19.5 Å². The quantitative estimate of drug-likeness (QED) is 0.435. The van der Waals surface area contributed by atoms with Crippen LogP contribution in [0.4, 0.5) is 11.5 Å². The van der Waals surface area contributed by atoms with Gasteiger partial charge in [-0.1, -0.05) is 12.1 Å². The standard InChI is InChI=1S/C22H21N3O3S/c1-4-28-15-7-5-14(6-8-15)17-12-29-22-20(17)21(23-13-24-22)25-18-11-16(26-2)9-10-19(18)27-3/h5-13H,4H2,1-3H3,(H,23,24,25). The predicted molar refractivity (Wildman–Crippen MR) is 117 cm³/mol. The Morgan fingerprint density at radius 1 is 0.966 bits per heavy atom. The van der Waals surface area contributed by atoms with Gasteiger partial charge < -0.3 is 19.5 Å². The van der Waals surface area contributed by atoms with Gasteiger partial charge in [-0.2, -0.15) is 0 Å². The van der Waals surface area contributed by atoms with Crippen molar-refractivity contribution in [2.45, 2.75) is 6.92 Å². The van der Waals surface area contributed by atoms with Crippen LogP contribution >= 0.6 is 11.3 Å². The van der Waals surface area contributed by atoms with Gasteiger partial charge in [0.05, 0.1) is 31.9 Å². The summed E-state index contributed by atoms with van der Waals surface area (Å²) in [5.74, 6) is 3.00. The van der Waals surface area contributed by atoms with Gasteiger partial charge in [-0.15, -0.1) is 11.3 Å². The lowest BCUT2D eigenvalue weighted by Gasteiger charge is -2.13. The summed E-state index contributed by atoms with van der Waals surface area (Å²) < 4.78 is 16.4. The minimum atomic E-state index is 0.644. The fourth-order valence-corrected chi connectivity index (χ4v) is 4.03. The smallest absolute Gasteiger partial charge is 0.143 e. The number of nitrogens with zero attached hydrogens (tertiary/aromatic N) is 2. The highest BCUT2D eigenvalue weighted by Gasteiger charge is 2.15. The van der Waals surface area contributed by atoms with Crippen molar-refractivity contribution < 1.29 is 14.2 Å². The molecular weight excluding hydrogens is 386 g/mol. The summed E-state index contributed by atoms with van der Waals surface area (Å²) in [6.45, 7) is 2.62. The predicted octanol–water partition coefficient (Wildman–Crippen LogP) is 5.52. The Bertz CT molecular complexity index is 1130. The van der Waals surface area contributed by atoms with Crippen LogP contribution in [0.1, 0.15) is 6.92 Å². The monoisotopic (exact) mass is 407 g/mol.